The molecule has 100 valence electrons. The molecule has 2 rings (SSSR count). The summed E-state index contributed by atoms with van der Waals surface area (Å²) in [6.07, 6.45) is 0. The van der Waals surface area contributed by atoms with Crippen LogP contribution in [0.15, 0.2) is 46.9 Å². The molecule has 0 aromatic heterocycles. The minimum Gasteiger partial charge on any atom is -0.306 e. The maximum Gasteiger partial charge on any atom is 0.127 e. The van der Waals surface area contributed by atoms with Gasteiger partial charge in [0.15, 0.2) is 0 Å². The van der Waals surface area contributed by atoms with Crippen molar-refractivity contribution in [2.75, 3.05) is 0 Å². The standard InChI is InChI=1S/C15H14BrF2N/c1-10(11-2-5-14(17)6-3-11)19-9-12-8-13(16)4-7-15(12)18/h2-8,10,19H,9H2,1H3. The van der Waals surface area contributed by atoms with Crippen LogP contribution in [0.2, 0.25) is 0 Å². The third kappa shape index (κ3) is 3.85. The molecule has 0 aliphatic heterocycles. The molecule has 4 heteroatoms. The van der Waals surface area contributed by atoms with E-state index < -0.39 is 0 Å². The lowest BCUT2D eigenvalue weighted by Crippen LogP contribution is -2.18. The normalized spacial score (nSPS) is 12.4. The second-order valence-electron chi connectivity index (χ2n) is 4.39. The predicted octanol–water partition coefficient (Wildman–Crippen LogP) is 4.58. The molecule has 0 aliphatic rings. The Hall–Kier alpha value is -1.26. The Bertz CT molecular complexity index is 555. The Morgan fingerprint density at radius 3 is 2.47 bits per heavy atom. The van der Waals surface area contributed by atoms with Gasteiger partial charge in [-0.25, -0.2) is 8.78 Å². The van der Waals surface area contributed by atoms with Gasteiger partial charge < -0.3 is 5.32 Å². The van der Waals surface area contributed by atoms with E-state index in [9.17, 15) is 8.78 Å². The van der Waals surface area contributed by atoms with Crippen LogP contribution < -0.4 is 5.32 Å². The highest BCUT2D eigenvalue weighted by Gasteiger charge is 2.07. The van der Waals surface area contributed by atoms with Gasteiger partial charge in [-0.3, -0.25) is 0 Å². The molecule has 2 aromatic carbocycles. The van der Waals surface area contributed by atoms with Gasteiger partial charge in [-0.1, -0.05) is 28.1 Å². The lowest BCUT2D eigenvalue weighted by molar-refractivity contribution is 0.542. The van der Waals surface area contributed by atoms with Gasteiger partial charge in [-0.2, -0.15) is 0 Å². The number of rotatable bonds is 4. The number of hydrogen-bond acceptors (Lipinski definition) is 1. The van der Waals surface area contributed by atoms with E-state index in [2.05, 4.69) is 21.2 Å². The van der Waals surface area contributed by atoms with Crippen LogP contribution in [-0.4, -0.2) is 0 Å². The monoisotopic (exact) mass is 325 g/mol. The van der Waals surface area contributed by atoms with Crippen molar-refractivity contribution < 1.29 is 8.78 Å². The van der Waals surface area contributed by atoms with Gasteiger partial charge in [0.25, 0.3) is 0 Å². The van der Waals surface area contributed by atoms with Crippen LogP contribution in [0.1, 0.15) is 24.1 Å². The van der Waals surface area contributed by atoms with Crippen molar-refractivity contribution in [3.63, 3.8) is 0 Å². The van der Waals surface area contributed by atoms with Crippen LogP contribution >= 0.6 is 15.9 Å². The van der Waals surface area contributed by atoms with Gasteiger partial charge in [0.1, 0.15) is 11.6 Å². The van der Waals surface area contributed by atoms with E-state index in [1.165, 1.54) is 18.2 Å². The molecule has 0 amide bonds. The number of benzene rings is 2. The summed E-state index contributed by atoms with van der Waals surface area (Å²) in [5, 5.41) is 3.22. The van der Waals surface area contributed by atoms with Crippen molar-refractivity contribution in [3.8, 4) is 0 Å². The maximum absolute atomic E-state index is 13.6. The summed E-state index contributed by atoms with van der Waals surface area (Å²) in [6, 6.07) is 11.2. The highest BCUT2D eigenvalue weighted by Crippen LogP contribution is 2.18. The quantitative estimate of drug-likeness (QED) is 0.867. The SMILES string of the molecule is CC(NCc1cc(Br)ccc1F)c1ccc(F)cc1. The van der Waals surface area contributed by atoms with E-state index in [4.69, 9.17) is 0 Å². The van der Waals surface area contributed by atoms with E-state index in [-0.39, 0.29) is 17.7 Å². The van der Waals surface area contributed by atoms with Crippen LogP contribution in [0.5, 0.6) is 0 Å². The molecule has 0 heterocycles. The van der Waals surface area contributed by atoms with Gasteiger partial charge in [0.2, 0.25) is 0 Å². The zero-order valence-electron chi connectivity index (χ0n) is 10.5. The van der Waals surface area contributed by atoms with Crippen LogP contribution in [0.3, 0.4) is 0 Å². The molecular formula is C15H14BrF2N. The highest BCUT2D eigenvalue weighted by atomic mass is 79.9. The molecule has 19 heavy (non-hydrogen) atoms. The summed E-state index contributed by atoms with van der Waals surface area (Å²) < 4.78 is 27.2. The fraction of sp³-hybridized carbons (Fsp3) is 0.200. The first-order chi connectivity index (χ1) is 9.06. The number of hydrogen-bond donors (Lipinski definition) is 1. The molecule has 0 saturated heterocycles. The second-order valence-corrected chi connectivity index (χ2v) is 5.31. The maximum atomic E-state index is 13.6. The Labute approximate surface area is 119 Å². The summed E-state index contributed by atoms with van der Waals surface area (Å²) in [4.78, 5) is 0. The molecule has 0 radical (unpaired) electrons. The third-order valence-electron chi connectivity index (χ3n) is 2.98. The Morgan fingerprint density at radius 2 is 1.79 bits per heavy atom. The molecule has 1 unspecified atom stereocenters. The molecule has 0 bridgehead atoms. The molecule has 0 aliphatic carbocycles. The summed E-state index contributed by atoms with van der Waals surface area (Å²) >= 11 is 3.32. The minimum atomic E-state index is -0.256. The van der Waals surface area contributed by atoms with Crippen LogP contribution in [0.4, 0.5) is 8.78 Å². The zero-order chi connectivity index (χ0) is 13.8. The average molecular weight is 326 g/mol. The van der Waals surface area contributed by atoms with Gasteiger partial charge in [-0.05, 0) is 42.8 Å². The smallest absolute Gasteiger partial charge is 0.127 e. The minimum absolute atomic E-state index is 0.0268. The molecular weight excluding hydrogens is 312 g/mol. The number of nitrogens with one attached hydrogen (secondary N) is 1. The van der Waals surface area contributed by atoms with Crippen molar-refractivity contribution in [1.29, 1.82) is 0 Å². The summed E-state index contributed by atoms with van der Waals surface area (Å²) in [5.74, 6) is -0.490. The van der Waals surface area contributed by atoms with Gasteiger partial charge >= 0.3 is 0 Å². The topological polar surface area (TPSA) is 12.0 Å². The Morgan fingerprint density at radius 1 is 1.11 bits per heavy atom. The molecule has 0 spiro atoms. The molecule has 0 saturated carbocycles. The fourth-order valence-electron chi connectivity index (χ4n) is 1.81. The molecule has 0 fully saturated rings. The molecule has 1 atom stereocenters. The van der Waals surface area contributed by atoms with E-state index in [1.807, 2.05) is 6.92 Å². The van der Waals surface area contributed by atoms with Gasteiger partial charge in [0.05, 0.1) is 0 Å². The number of halogens is 3. The van der Waals surface area contributed by atoms with E-state index in [0.717, 1.165) is 10.0 Å². The highest BCUT2D eigenvalue weighted by molar-refractivity contribution is 9.10. The van der Waals surface area contributed by atoms with Crippen LogP contribution in [0, 0.1) is 11.6 Å². The summed E-state index contributed by atoms with van der Waals surface area (Å²) in [7, 11) is 0. The first-order valence-electron chi connectivity index (χ1n) is 5.99. The summed E-state index contributed by atoms with van der Waals surface area (Å²) in [5.41, 5.74) is 1.57. The Kier molecular flexibility index (Phi) is 4.66. The lowest BCUT2D eigenvalue weighted by atomic mass is 10.1. The van der Waals surface area contributed by atoms with Crippen molar-refractivity contribution >= 4 is 15.9 Å². The van der Waals surface area contributed by atoms with Crippen molar-refractivity contribution in [1.82, 2.24) is 5.32 Å². The average Bonchev–Trinajstić information content (AvgIpc) is 2.40. The molecule has 1 N–H and O–H groups in total. The van der Waals surface area contributed by atoms with E-state index in [0.29, 0.717) is 12.1 Å². The van der Waals surface area contributed by atoms with Crippen LogP contribution in [-0.2, 0) is 6.54 Å². The largest absolute Gasteiger partial charge is 0.306 e. The fourth-order valence-corrected chi connectivity index (χ4v) is 2.22. The molecule has 1 nitrogen and oxygen atoms in total. The second kappa shape index (κ2) is 6.26. The van der Waals surface area contributed by atoms with Gasteiger partial charge in [0, 0.05) is 22.6 Å². The predicted molar refractivity (Wildman–Crippen MR) is 75.8 cm³/mol. The van der Waals surface area contributed by atoms with Crippen molar-refractivity contribution in [2.24, 2.45) is 0 Å². The zero-order valence-corrected chi connectivity index (χ0v) is 12.0. The van der Waals surface area contributed by atoms with E-state index >= 15 is 0 Å². The van der Waals surface area contributed by atoms with Crippen LogP contribution in [0.25, 0.3) is 0 Å². The first-order valence-corrected chi connectivity index (χ1v) is 6.78. The van der Waals surface area contributed by atoms with Gasteiger partial charge in [-0.15, -0.1) is 0 Å². The Balaban J connectivity index is 2.02. The molecule has 2 aromatic rings. The lowest BCUT2D eigenvalue weighted by Gasteiger charge is -2.14. The van der Waals surface area contributed by atoms with Crippen molar-refractivity contribution in [3.05, 3.63) is 69.7 Å². The van der Waals surface area contributed by atoms with E-state index in [1.54, 1.807) is 24.3 Å². The third-order valence-corrected chi connectivity index (χ3v) is 3.47. The first kappa shape index (κ1) is 14.2. The van der Waals surface area contributed by atoms with Crippen molar-refractivity contribution in [2.45, 2.75) is 19.5 Å². The summed E-state index contributed by atoms with van der Waals surface area (Å²) in [6.45, 7) is 2.38.